The molecule has 2 aromatic heterocycles. The minimum Gasteiger partial charge on any atom is -0.232 e. The van der Waals surface area contributed by atoms with Gasteiger partial charge in [-0.25, -0.2) is 9.50 Å². The van der Waals surface area contributed by atoms with Crippen LogP contribution in [0.1, 0.15) is 5.69 Å². The van der Waals surface area contributed by atoms with Crippen LogP contribution in [-0.2, 0) is 0 Å². The fraction of sp³-hybridized carbons (Fsp3) is 0.143. The summed E-state index contributed by atoms with van der Waals surface area (Å²) >= 11 is 5.71. The molecule has 2 heterocycles. The Kier molecular flexibility index (Phi) is 1.32. The van der Waals surface area contributed by atoms with E-state index < -0.39 is 0 Å². The summed E-state index contributed by atoms with van der Waals surface area (Å²) in [5, 5.41) is 4.64. The Balaban J connectivity index is 2.82. The molecule has 11 heavy (non-hydrogen) atoms. The van der Waals surface area contributed by atoms with Crippen molar-refractivity contribution in [1.82, 2.24) is 14.6 Å². The maximum atomic E-state index is 5.71. The first-order valence-corrected chi connectivity index (χ1v) is 3.61. The Labute approximate surface area is 68.6 Å². The molecule has 0 unspecified atom stereocenters. The lowest BCUT2D eigenvalue weighted by Crippen LogP contribution is -1.87. The fourth-order valence-corrected chi connectivity index (χ4v) is 1.11. The summed E-state index contributed by atoms with van der Waals surface area (Å²) in [6, 6.07) is 1.78. The minimum absolute atomic E-state index is 0.614. The predicted octanol–water partition coefficient (Wildman–Crippen LogP) is 1.69. The van der Waals surface area contributed by atoms with Gasteiger partial charge in [0.1, 0.15) is 0 Å². The number of aryl methyl sites for hydroxylation is 1. The van der Waals surface area contributed by atoms with Gasteiger partial charge in [-0.15, -0.1) is 0 Å². The molecule has 2 rings (SSSR count). The number of halogens is 1. The van der Waals surface area contributed by atoms with E-state index in [1.165, 1.54) is 0 Å². The number of rotatable bonds is 0. The van der Waals surface area contributed by atoms with Gasteiger partial charge in [-0.2, -0.15) is 5.10 Å². The van der Waals surface area contributed by atoms with Crippen molar-refractivity contribution in [2.75, 3.05) is 0 Å². The Hall–Kier alpha value is -1.09. The van der Waals surface area contributed by atoms with Crippen molar-refractivity contribution in [3.63, 3.8) is 0 Å². The van der Waals surface area contributed by atoms with E-state index >= 15 is 0 Å². The highest BCUT2D eigenvalue weighted by Crippen LogP contribution is 2.09. The van der Waals surface area contributed by atoms with Gasteiger partial charge in [0.25, 0.3) is 0 Å². The summed E-state index contributed by atoms with van der Waals surface area (Å²) in [6.07, 6.45) is 3.45. The molecule has 4 heteroatoms. The second-order valence-electron chi connectivity index (χ2n) is 2.36. The van der Waals surface area contributed by atoms with E-state index in [2.05, 4.69) is 10.1 Å². The van der Waals surface area contributed by atoms with Crippen molar-refractivity contribution in [2.24, 2.45) is 0 Å². The Bertz CT molecular complexity index is 393. The van der Waals surface area contributed by atoms with Gasteiger partial charge in [0.2, 0.25) is 0 Å². The monoisotopic (exact) mass is 167 g/mol. The van der Waals surface area contributed by atoms with Crippen LogP contribution in [0.25, 0.3) is 5.65 Å². The molecule has 0 fully saturated rings. The van der Waals surface area contributed by atoms with E-state index in [1.54, 1.807) is 16.8 Å². The molecular weight excluding hydrogens is 162 g/mol. The largest absolute Gasteiger partial charge is 0.232 e. The highest BCUT2D eigenvalue weighted by Gasteiger charge is 1.97. The molecule has 0 aliphatic rings. The van der Waals surface area contributed by atoms with Crippen LogP contribution in [0.15, 0.2) is 18.5 Å². The number of hydrogen-bond acceptors (Lipinski definition) is 2. The van der Waals surface area contributed by atoms with Crippen LogP contribution in [0.5, 0.6) is 0 Å². The number of hydrogen-bond donors (Lipinski definition) is 0. The van der Waals surface area contributed by atoms with Crippen LogP contribution < -0.4 is 0 Å². The third-order valence-electron chi connectivity index (χ3n) is 1.41. The first kappa shape index (κ1) is 6.61. The molecule has 56 valence electrons. The summed E-state index contributed by atoms with van der Waals surface area (Å²) in [5.74, 6) is 0. The zero-order valence-corrected chi connectivity index (χ0v) is 6.71. The zero-order chi connectivity index (χ0) is 7.84. The smallest absolute Gasteiger partial charge is 0.155 e. The molecule has 2 aromatic rings. The summed E-state index contributed by atoms with van der Waals surface area (Å²) in [6.45, 7) is 1.92. The van der Waals surface area contributed by atoms with Crippen molar-refractivity contribution in [1.29, 1.82) is 0 Å². The van der Waals surface area contributed by atoms with Gasteiger partial charge >= 0.3 is 0 Å². The number of nitrogens with zero attached hydrogens (tertiary/aromatic N) is 3. The average Bonchev–Trinajstić information content (AvgIpc) is 2.27. The maximum Gasteiger partial charge on any atom is 0.155 e. The first-order chi connectivity index (χ1) is 5.25. The quantitative estimate of drug-likeness (QED) is 0.598. The van der Waals surface area contributed by atoms with Crippen molar-refractivity contribution in [3.05, 3.63) is 29.2 Å². The van der Waals surface area contributed by atoms with Gasteiger partial charge in [0.15, 0.2) is 5.65 Å². The van der Waals surface area contributed by atoms with Crippen LogP contribution in [0.3, 0.4) is 0 Å². The molecule has 0 amide bonds. The summed E-state index contributed by atoms with van der Waals surface area (Å²) in [4.78, 5) is 4.19. The molecule has 0 N–H and O–H groups in total. The third-order valence-corrected chi connectivity index (χ3v) is 1.61. The lowest BCUT2D eigenvalue weighted by Gasteiger charge is -1.89. The molecule has 0 aliphatic carbocycles. The SMILES string of the molecule is Cc1cn2ncc(Cl)cc2n1. The number of aromatic nitrogens is 3. The first-order valence-electron chi connectivity index (χ1n) is 3.23. The molecule has 0 spiro atoms. The van der Waals surface area contributed by atoms with Crippen LogP contribution in [0.4, 0.5) is 0 Å². The van der Waals surface area contributed by atoms with E-state index in [9.17, 15) is 0 Å². The molecule has 0 radical (unpaired) electrons. The Morgan fingerprint density at radius 2 is 2.36 bits per heavy atom. The van der Waals surface area contributed by atoms with E-state index in [-0.39, 0.29) is 0 Å². The van der Waals surface area contributed by atoms with Crippen LogP contribution >= 0.6 is 11.6 Å². The predicted molar refractivity (Wildman–Crippen MR) is 42.7 cm³/mol. The third kappa shape index (κ3) is 1.07. The molecule has 0 aromatic carbocycles. The Morgan fingerprint density at radius 3 is 3.18 bits per heavy atom. The lowest BCUT2D eigenvalue weighted by atomic mass is 10.5. The second-order valence-corrected chi connectivity index (χ2v) is 2.80. The van der Waals surface area contributed by atoms with Gasteiger partial charge < -0.3 is 0 Å². The maximum absolute atomic E-state index is 5.71. The van der Waals surface area contributed by atoms with Gasteiger partial charge in [-0.3, -0.25) is 0 Å². The average molecular weight is 168 g/mol. The van der Waals surface area contributed by atoms with E-state index in [4.69, 9.17) is 11.6 Å². The Morgan fingerprint density at radius 1 is 1.55 bits per heavy atom. The zero-order valence-electron chi connectivity index (χ0n) is 5.95. The van der Waals surface area contributed by atoms with Gasteiger partial charge in [-0.1, -0.05) is 11.6 Å². The summed E-state index contributed by atoms with van der Waals surface area (Å²) in [5.41, 5.74) is 1.73. The van der Waals surface area contributed by atoms with Gasteiger partial charge in [0, 0.05) is 6.07 Å². The molecule has 0 saturated carbocycles. The normalized spacial score (nSPS) is 10.7. The molecule has 0 saturated heterocycles. The van der Waals surface area contributed by atoms with Gasteiger partial charge in [-0.05, 0) is 6.92 Å². The van der Waals surface area contributed by atoms with Crippen molar-refractivity contribution >= 4 is 17.2 Å². The standard InChI is InChI=1S/C7H6ClN3/c1-5-4-11-7(10-5)2-6(8)3-9-11/h2-4H,1H3. The number of fused-ring (bicyclic) bond motifs is 1. The van der Waals surface area contributed by atoms with E-state index in [1.807, 2.05) is 13.1 Å². The number of imidazole rings is 1. The topological polar surface area (TPSA) is 30.2 Å². The molecule has 0 bridgehead atoms. The summed E-state index contributed by atoms with van der Waals surface area (Å²) < 4.78 is 1.70. The van der Waals surface area contributed by atoms with Crippen molar-refractivity contribution in [2.45, 2.75) is 6.92 Å². The molecule has 0 aliphatic heterocycles. The van der Waals surface area contributed by atoms with Crippen molar-refractivity contribution < 1.29 is 0 Å². The molecule has 0 atom stereocenters. The minimum atomic E-state index is 0.614. The fourth-order valence-electron chi connectivity index (χ4n) is 0.973. The lowest BCUT2D eigenvalue weighted by molar-refractivity contribution is 0.934. The second kappa shape index (κ2) is 2.20. The van der Waals surface area contributed by atoms with E-state index in [0.717, 1.165) is 11.3 Å². The van der Waals surface area contributed by atoms with Crippen LogP contribution in [-0.4, -0.2) is 14.6 Å². The molecule has 3 nitrogen and oxygen atoms in total. The summed E-state index contributed by atoms with van der Waals surface area (Å²) in [7, 11) is 0. The molecular formula is C7H6ClN3. The van der Waals surface area contributed by atoms with E-state index in [0.29, 0.717) is 5.02 Å². The highest BCUT2D eigenvalue weighted by molar-refractivity contribution is 6.30. The van der Waals surface area contributed by atoms with Gasteiger partial charge in [0.05, 0.1) is 23.1 Å². The van der Waals surface area contributed by atoms with Crippen molar-refractivity contribution in [3.8, 4) is 0 Å². The van der Waals surface area contributed by atoms with Crippen LogP contribution in [0.2, 0.25) is 5.02 Å². The highest BCUT2D eigenvalue weighted by atomic mass is 35.5. The van der Waals surface area contributed by atoms with Crippen LogP contribution in [0, 0.1) is 6.92 Å².